The van der Waals surface area contributed by atoms with Gasteiger partial charge in [0.15, 0.2) is 17.5 Å². The molecule has 0 bridgehead atoms. The van der Waals surface area contributed by atoms with Crippen LogP contribution in [0.1, 0.15) is 21.5 Å². The number of carbonyl (C=O) groups excluding carboxylic acids is 2. The summed E-state index contributed by atoms with van der Waals surface area (Å²) in [4.78, 5) is 29.4. The van der Waals surface area contributed by atoms with Gasteiger partial charge in [-0.2, -0.15) is 5.10 Å². The number of thiazole rings is 1. The van der Waals surface area contributed by atoms with Crippen LogP contribution in [0.15, 0.2) is 101 Å². The largest absolute Gasteiger partial charge is 0.481 e. The molecule has 1 heterocycles. The summed E-state index contributed by atoms with van der Waals surface area (Å²) in [6.07, 6.45) is 1.41. The van der Waals surface area contributed by atoms with E-state index in [0.717, 1.165) is 22.1 Å². The predicted octanol–water partition coefficient (Wildman–Crippen LogP) is 7.95. The number of hydrogen-bond acceptors (Lipinski definition) is 7. The molecule has 2 amide bonds. The van der Waals surface area contributed by atoms with E-state index in [2.05, 4.69) is 26.1 Å². The fraction of sp³-hybridized carbons (Fsp3) is 0.0625. The predicted molar refractivity (Wildman–Crippen MR) is 174 cm³/mol. The van der Waals surface area contributed by atoms with Gasteiger partial charge in [0.2, 0.25) is 0 Å². The van der Waals surface area contributed by atoms with Crippen LogP contribution in [-0.2, 0) is 4.79 Å². The van der Waals surface area contributed by atoms with E-state index >= 15 is 0 Å². The van der Waals surface area contributed by atoms with Crippen LogP contribution >= 0.6 is 34.5 Å². The molecule has 11 heteroatoms. The Morgan fingerprint density at radius 2 is 1.63 bits per heavy atom. The molecule has 0 aliphatic carbocycles. The number of halogens is 2. The lowest BCUT2D eigenvalue weighted by molar-refractivity contribution is -0.118. The smallest absolute Gasteiger partial charge is 0.271 e. The van der Waals surface area contributed by atoms with E-state index in [1.54, 1.807) is 36.4 Å². The molecule has 5 rings (SSSR count). The third kappa shape index (κ3) is 8.20. The van der Waals surface area contributed by atoms with E-state index in [1.165, 1.54) is 23.1 Å². The second-order valence-corrected chi connectivity index (χ2v) is 11.0. The van der Waals surface area contributed by atoms with Crippen molar-refractivity contribution < 1.29 is 14.3 Å². The van der Waals surface area contributed by atoms with Gasteiger partial charge in [0.1, 0.15) is 0 Å². The van der Waals surface area contributed by atoms with Gasteiger partial charge in [-0.25, -0.2) is 10.4 Å². The van der Waals surface area contributed by atoms with Crippen molar-refractivity contribution in [2.75, 3.05) is 17.2 Å². The van der Waals surface area contributed by atoms with Gasteiger partial charge in [0.25, 0.3) is 11.8 Å². The highest BCUT2D eigenvalue weighted by Gasteiger charge is 2.13. The number of rotatable bonds is 10. The molecule has 1 aromatic heterocycles. The van der Waals surface area contributed by atoms with Crippen molar-refractivity contribution in [3.05, 3.63) is 123 Å². The first-order chi connectivity index (χ1) is 20.8. The van der Waals surface area contributed by atoms with Crippen LogP contribution < -0.4 is 20.8 Å². The van der Waals surface area contributed by atoms with Crippen molar-refractivity contribution in [2.45, 2.75) is 6.92 Å². The lowest BCUT2D eigenvalue weighted by Crippen LogP contribution is -2.20. The average Bonchev–Trinajstić information content (AvgIpc) is 3.47. The molecule has 216 valence electrons. The van der Waals surface area contributed by atoms with Gasteiger partial charge in [-0.05, 0) is 61.0 Å². The fourth-order valence-electron chi connectivity index (χ4n) is 3.89. The van der Waals surface area contributed by atoms with Gasteiger partial charge in [0, 0.05) is 27.9 Å². The minimum Gasteiger partial charge on any atom is -0.481 e. The molecule has 5 aromatic rings. The molecular formula is C32H25Cl2N5O3S. The van der Waals surface area contributed by atoms with E-state index < -0.39 is 0 Å². The molecule has 0 saturated carbocycles. The van der Waals surface area contributed by atoms with Gasteiger partial charge < -0.3 is 15.4 Å². The van der Waals surface area contributed by atoms with Crippen LogP contribution in [0.5, 0.6) is 5.75 Å². The topological polar surface area (TPSA) is 105 Å². The molecule has 4 aromatic carbocycles. The SMILES string of the molecule is Cc1ccc(Nc2nc(-c3ccc(C(=O)N/N=C/c4cc(Cl)c(OCC(=O)Nc5ccccc5)c(Cl)c4)cc3)cs2)cc1. The normalized spacial score (nSPS) is 10.9. The van der Waals surface area contributed by atoms with Crippen LogP contribution in [-0.4, -0.2) is 29.6 Å². The van der Waals surface area contributed by atoms with Crippen LogP contribution in [0.2, 0.25) is 10.0 Å². The third-order valence-electron chi connectivity index (χ3n) is 6.06. The van der Waals surface area contributed by atoms with Crippen molar-refractivity contribution in [1.82, 2.24) is 10.4 Å². The molecule has 43 heavy (non-hydrogen) atoms. The summed E-state index contributed by atoms with van der Waals surface area (Å²) in [5.41, 5.74) is 7.97. The minimum absolute atomic E-state index is 0.172. The number of aromatic nitrogens is 1. The van der Waals surface area contributed by atoms with Gasteiger partial charge in [-0.1, -0.05) is 71.2 Å². The highest BCUT2D eigenvalue weighted by molar-refractivity contribution is 7.14. The Kier molecular flexibility index (Phi) is 9.68. The van der Waals surface area contributed by atoms with Gasteiger partial charge in [-0.3, -0.25) is 9.59 Å². The summed E-state index contributed by atoms with van der Waals surface area (Å²) >= 11 is 14.2. The standard InChI is InChI=1S/C32H25Cl2N5O3S/c1-20-7-13-25(14-8-20)37-32-38-28(19-43-32)22-9-11-23(12-10-22)31(41)39-35-17-21-15-26(33)30(27(34)16-21)42-18-29(40)36-24-5-3-2-4-6-24/h2-17,19H,18H2,1H3,(H,36,40)(H,37,38)(H,39,41)/b35-17+. The fourth-order valence-corrected chi connectivity index (χ4v) is 5.25. The summed E-state index contributed by atoms with van der Waals surface area (Å²) in [6, 6.07) is 27.3. The quantitative estimate of drug-likeness (QED) is 0.107. The Morgan fingerprint density at radius 1 is 0.930 bits per heavy atom. The van der Waals surface area contributed by atoms with E-state index in [0.29, 0.717) is 16.8 Å². The molecule has 3 N–H and O–H groups in total. The number of hydrogen-bond donors (Lipinski definition) is 3. The maximum absolute atomic E-state index is 12.6. The van der Waals surface area contributed by atoms with Crippen molar-refractivity contribution >= 4 is 69.1 Å². The maximum atomic E-state index is 12.6. The molecule has 0 atom stereocenters. The molecule has 0 aliphatic heterocycles. The molecule has 0 unspecified atom stereocenters. The average molecular weight is 631 g/mol. The van der Waals surface area contributed by atoms with Crippen molar-refractivity contribution in [3.8, 4) is 17.0 Å². The monoisotopic (exact) mass is 629 g/mol. The summed E-state index contributed by atoms with van der Waals surface area (Å²) in [7, 11) is 0. The van der Waals surface area contributed by atoms with Crippen molar-refractivity contribution in [2.24, 2.45) is 5.10 Å². The minimum atomic E-state index is -0.385. The molecule has 0 saturated heterocycles. The number of nitrogens with one attached hydrogen (secondary N) is 3. The zero-order chi connectivity index (χ0) is 30.2. The number of amides is 2. The van der Waals surface area contributed by atoms with Gasteiger partial charge in [0.05, 0.1) is 22.0 Å². The lowest BCUT2D eigenvalue weighted by Gasteiger charge is -2.11. The van der Waals surface area contributed by atoms with E-state index in [9.17, 15) is 9.59 Å². The number of ether oxygens (including phenoxy) is 1. The molecular weight excluding hydrogens is 605 g/mol. The zero-order valence-corrected chi connectivity index (χ0v) is 25.1. The van der Waals surface area contributed by atoms with Crippen molar-refractivity contribution in [1.29, 1.82) is 0 Å². The van der Waals surface area contributed by atoms with Crippen LogP contribution in [0, 0.1) is 6.92 Å². The van der Waals surface area contributed by atoms with Gasteiger partial charge >= 0.3 is 0 Å². The molecule has 0 aliphatic rings. The number of carbonyl (C=O) groups is 2. The van der Waals surface area contributed by atoms with Crippen molar-refractivity contribution in [3.63, 3.8) is 0 Å². The Labute approximate surface area is 262 Å². The van der Waals surface area contributed by atoms with Crippen LogP contribution in [0.4, 0.5) is 16.5 Å². The number of nitrogens with zero attached hydrogens (tertiary/aromatic N) is 2. The lowest BCUT2D eigenvalue weighted by atomic mass is 10.1. The summed E-state index contributed by atoms with van der Waals surface area (Å²) in [5, 5.41) is 13.2. The van der Waals surface area contributed by atoms with Crippen LogP contribution in [0.3, 0.4) is 0 Å². The van der Waals surface area contributed by atoms with Gasteiger partial charge in [-0.15, -0.1) is 11.3 Å². The third-order valence-corrected chi connectivity index (χ3v) is 7.37. The molecule has 0 fully saturated rings. The second-order valence-electron chi connectivity index (χ2n) is 9.32. The molecule has 8 nitrogen and oxygen atoms in total. The first kappa shape index (κ1) is 29.8. The number of hydrazone groups is 1. The first-order valence-corrected chi connectivity index (χ1v) is 14.7. The highest BCUT2D eigenvalue weighted by atomic mass is 35.5. The number of para-hydroxylation sites is 1. The summed E-state index contributed by atoms with van der Waals surface area (Å²) in [6.45, 7) is 1.77. The first-order valence-electron chi connectivity index (χ1n) is 13.0. The number of benzene rings is 4. The summed E-state index contributed by atoms with van der Waals surface area (Å²) < 4.78 is 5.53. The van der Waals surface area contributed by atoms with E-state index in [1.807, 2.05) is 66.9 Å². The summed E-state index contributed by atoms with van der Waals surface area (Å²) in [5.74, 6) is -0.568. The highest BCUT2D eigenvalue weighted by Crippen LogP contribution is 2.34. The number of anilines is 3. The number of aryl methyl sites for hydroxylation is 1. The molecule has 0 spiro atoms. The zero-order valence-electron chi connectivity index (χ0n) is 22.8. The second kappa shape index (κ2) is 14.0. The Balaban J connectivity index is 1.14. The van der Waals surface area contributed by atoms with Crippen LogP contribution in [0.25, 0.3) is 11.3 Å². The Bertz CT molecular complexity index is 1740. The van der Waals surface area contributed by atoms with E-state index in [-0.39, 0.29) is 34.2 Å². The maximum Gasteiger partial charge on any atom is 0.271 e. The molecule has 0 radical (unpaired) electrons. The Morgan fingerprint density at radius 3 is 2.33 bits per heavy atom. The Hall–Kier alpha value is -4.70. The van der Waals surface area contributed by atoms with E-state index in [4.69, 9.17) is 27.9 Å².